The predicted octanol–water partition coefficient (Wildman–Crippen LogP) is 4.13. The molecule has 0 radical (unpaired) electrons. The third kappa shape index (κ3) is 4.81. The van der Waals surface area contributed by atoms with Crippen molar-refractivity contribution in [3.63, 3.8) is 0 Å². The van der Waals surface area contributed by atoms with Crippen LogP contribution in [-0.2, 0) is 11.3 Å². The largest absolute Gasteiger partial charge is 0.573 e. The van der Waals surface area contributed by atoms with Crippen molar-refractivity contribution in [1.82, 2.24) is 19.9 Å². The van der Waals surface area contributed by atoms with Gasteiger partial charge in [-0.1, -0.05) is 30.3 Å². The Balaban J connectivity index is 1.43. The highest BCUT2D eigenvalue weighted by Gasteiger charge is 2.33. The van der Waals surface area contributed by atoms with E-state index in [4.69, 9.17) is 4.98 Å². The van der Waals surface area contributed by atoms with Gasteiger partial charge < -0.3 is 19.7 Å². The van der Waals surface area contributed by atoms with Crippen LogP contribution in [0.25, 0.3) is 16.4 Å². The number of piperidine rings is 1. The summed E-state index contributed by atoms with van der Waals surface area (Å²) in [6.07, 6.45) is -2.47. The van der Waals surface area contributed by atoms with Crippen LogP contribution in [-0.4, -0.2) is 46.2 Å². The van der Waals surface area contributed by atoms with Crippen molar-refractivity contribution in [3.8, 4) is 5.75 Å². The number of aromatic nitrogens is 3. The fourth-order valence-corrected chi connectivity index (χ4v) is 4.38. The minimum Gasteiger partial charge on any atom is -0.405 e. The molecule has 2 aromatic carbocycles. The maximum Gasteiger partial charge on any atom is 0.573 e. The van der Waals surface area contributed by atoms with Crippen LogP contribution in [0, 0.1) is 5.92 Å². The third-order valence-electron chi connectivity index (χ3n) is 6.15. The Morgan fingerprint density at radius 1 is 1.11 bits per heavy atom. The van der Waals surface area contributed by atoms with Crippen molar-refractivity contribution in [2.45, 2.75) is 25.7 Å². The van der Waals surface area contributed by atoms with Crippen LogP contribution in [0.1, 0.15) is 28.9 Å². The number of carbonyl (C=O) groups excluding carboxylic acids is 2. The van der Waals surface area contributed by atoms with Gasteiger partial charge >= 0.3 is 6.36 Å². The number of benzene rings is 2. The topological polar surface area (TPSA) is 88.8 Å². The van der Waals surface area contributed by atoms with Crippen LogP contribution in [0.3, 0.4) is 0 Å². The second kappa shape index (κ2) is 9.48. The molecule has 4 aromatic rings. The number of alkyl halides is 3. The van der Waals surface area contributed by atoms with Gasteiger partial charge in [0.05, 0.1) is 28.8 Å². The molecule has 186 valence electrons. The molecule has 0 unspecified atom stereocenters. The van der Waals surface area contributed by atoms with Crippen LogP contribution in [0.15, 0.2) is 54.6 Å². The molecule has 1 saturated heterocycles. The third-order valence-corrected chi connectivity index (χ3v) is 6.15. The van der Waals surface area contributed by atoms with Gasteiger partial charge in [0.25, 0.3) is 5.91 Å². The van der Waals surface area contributed by atoms with Crippen LogP contribution >= 0.6 is 0 Å². The van der Waals surface area contributed by atoms with E-state index in [-0.39, 0.29) is 18.0 Å². The van der Waals surface area contributed by atoms with Gasteiger partial charge in [-0.25, -0.2) is 4.98 Å². The second-order valence-electron chi connectivity index (χ2n) is 8.55. The van der Waals surface area contributed by atoms with E-state index in [1.807, 2.05) is 30.3 Å². The first-order valence-electron chi connectivity index (χ1n) is 11.4. The Bertz CT molecular complexity index is 1430. The molecule has 0 saturated carbocycles. The first kappa shape index (κ1) is 23.6. The van der Waals surface area contributed by atoms with Crippen LogP contribution in [0.5, 0.6) is 5.75 Å². The number of ether oxygens (including phenoxy) is 1. The first-order chi connectivity index (χ1) is 17.3. The summed E-state index contributed by atoms with van der Waals surface area (Å²) in [6, 6.07) is 14.6. The molecule has 1 aliphatic heterocycles. The Hall–Kier alpha value is -4.15. The lowest BCUT2D eigenvalue weighted by molar-refractivity contribution is -0.274. The molecule has 1 amide bonds. The van der Waals surface area contributed by atoms with Gasteiger partial charge in [0.2, 0.25) is 5.95 Å². The second-order valence-corrected chi connectivity index (χ2v) is 8.55. The monoisotopic (exact) mass is 497 g/mol. The van der Waals surface area contributed by atoms with Crippen LogP contribution < -0.4 is 15.0 Å². The Morgan fingerprint density at radius 2 is 1.83 bits per heavy atom. The van der Waals surface area contributed by atoms with Crippen molar-refractivity contribution in [3.05, 3.63) is 65.9 Å². The normalized spacial score (nSPS) is 14.8. The number of nitrogens with zero attached hydrogens (tertiary/aromatic N) is 4. The molecular formula is C25H22F3N5O3. The lowest BCUT2D eigenvalue weighted by atomic mass is 9.99. The van der Waals surface area contributed by atoms with Crippen molar-refractivity contribution in [2.75, 3.05) is 18.0 Å². The highest BCUT2D eigenvalue weighted by Crippen LogP contribution is 2.28. The maximum atomic E-state index is 12.7. The number of para-hydroxylation sites is 2. The molecule has 11 heteroatoms. The van der Waals surface area contributed by atoms with Crippen molar-refractivity contribution in [1.29, 1.82) is 0 Å². The molecule has 5 rings (SSSR count). The summed E-state index contributed by atoms with van der Waals surface area (Å²) in [5.41, 5.74) is 1.86. The molecule has 8 nitrogen and oxygen atoms in total. The average molecular weight is 497 g/mol. The number of halogens is 3. The molecule has 2 aromatic heterocycles. The Morgan fingerprint density at radius 3 is 2.58 bits per heavy atom. The van der Waals surface area contributed by atoms with Gasteiger partial charge in [0.15, 0.2) is 0 Å². The van der Waals surface area contributed by atoms with Crippen LogP contribution in [0.4, 0.5) is 19.1 Å². The number of anilines is 1. The summed E-state index contributed by atoms with van der Waals surface area (Å²) in [5.74, 6) is -0.626. The zero-order valence-corrected chi connectivity index (χ0v) is 19.0. The molecule has 1 N–H and O–H groups in total. The zero-order chi connectivity index (χ0) is 25.3. The molecule has 36 heavy (non-hydrogen) atoms. The minimum absolute atomic E-state index is 0.0121. The van der Waals surface area contributed by atoms with E-state index in [2.05, 4.69) is 20.1 Å². The quantitative estimate of drug-likeness (QED) is 0.403. The molecule has 1 aliphatic rings. The van der Waals surface area contributed by atoms with Gasteiger partial charge in [-0.3, -0.25) is 4.79 Å². The first-order valence-corrected chi connectivity index (χ1v) is 11.4. The lowest BCUT2D eigenvalue weighted by Crippen LogP contribution is -2.36. The van der Waals surface area contributed by atoms with Gasteiger partial charge in [-0.05, 0) is 37.1 Å². The van der Waals surface area contributed by atoms with Crippen molar-refractivity contribution in [2.24, 2.45) is 5.92 Å². The standard InChI is InChI=1S/C25H22F3N5O3/c26-25(27,28)36-22-8-4-2-6-19(22)23(35)29-14-17-13-21-18-5-1-3-7-20(18)30-24(33(21)31-17)32-11-9-16(15-34)10-12-32/h1-8,13,15-16H,9-12,14H2,(H,29,35). The Kier molecular flexibility index (Phi) is 6.21. The number of rotatable bonds is 6. The molecule has 1 fully saturated rings. The molecule has 0 spiro atoms. The minimum atomic E-state index is -4.91. The van der Waals surface area contributed by atoms with Gasteiger partial charge in [-0.2, -0.15) is 9.61 Å². The number of nitrogens with one attached hydrogen (secondary N) is 1. The molecule has 0 bridgehead atoms. The van der Waals surface area contributed by atoms with E-state index >= 15 is 0 Å². The summed E-state index contributed by atoms with van der Waals surface area (Å²) < 4.78 is 43.9. The molecular weight excluding hydrogens is 475 g/mol. The smallest absolute Gasteiger partial charge is 0.405 e. The summed E-state index contributed by atoms with van der Waals surface area (Å²) >= 11 is 0. The lowest BCUT2D eigenvalue weighted by Gasteiger charge is -2.30. The number of amides is 1. The summed E-state index contributed by atoms with van der Waals surface area (Å²) in [5, 5.41) is 8.14. The predicted molar refractivity (Wildman–Crippen MR) is 126 cm³/mol. The van der Waals surface area contributed by atoms with Crippen LogP contribution in [0.2, 0.25) is 0 Å². The Labute approximate surface area is 203 Å². The van der Waals surface area contributed by atoms with E-state index in [1.165, 1.54) is 18.2 Å². The van der Waals surface area contributed by atoms with Crippen molar-refractivity contribution < 1.29 is 27.5 Å². The van der Waals surface area contributed by atoms with E-state index in [0.29, 0.717) is 24.7 Å². The van der Waals surface area contributed by atoms with E-state index in [9.17, 15) is 22.8 Å². The molecule has 3 heterocycles. The highest BCUT2D eigenvalue weighted by molar-refractivity contribution is 5.97. The van der Waals surface area contributed by atoms with E-state index < -0.39 is 18.0 Å². The van der Waals surface area contributed by atoms with Gasteiger partial charge in [0.1, 0.15) is 12.0 Å². The number of hydrogen-bond acceptors (Lipinski definition) is 6. The zero-order valence-electron chi connectivity index (χ0n) is 19.0. The fourth-order valence-electron chi connectivity index (χ4n) is 4.38. The maximum absolute atomic E-state index is 12.7. The number of carbonyl (C=O) groups is 2. The summed E-state index contributed by atoms with van der Waals surface area (Å²) in [6.45, 7) is 1.30. The van der Waals surface area contributed by atoms with Gasteiger partial charge in [-0.15, -0.1) is 13.2 Å². The SMILES string of the molecule is O=CC1CCN(c2nc3ccccc3c3cc(CNC(=O)c4ccccc4OC(F)(F)F)nn23)CC1. The average Bonchev–Trinajstić information content (AvgIpc) is 3.31. The van der Waals surface area contributed by atoms with Gasteiger partial charge in [0, 0.05) is 24.4 Å². The van der Waals surface area contributed by atoms with Crippen molar-refractivity contribution >= 4 is 34.6 Å². The summed E-state index contributed by atoms with van der Waals surface area (Å²) in [4.78, 5) is 30.7. The molecule has 0 atom stereocenters. The fraction of sp³-hybridized carbons (Fsp3) is 0.280. The number of fused-ring (bicyclic) bond motifs is 3. The summed E-state index contributed by atoms with van der Waals surface area (Å²) in [7, 11) is 0. The van der Waals surface area contributed by atoms with E-state index in [0.717, 1.165) is 41.6 Å². The number of aldehydes is 1. The highest BCUT2D eigenvalue weighted by atomic mass is 19.4. The molecule has 0 aliphatic carbocycles. The number of hydrogen-bond donors (Lipinski definition) is 1. The van der Waals surface area contributed by atoms with E-state index in [1.54, 1.807) is 4.52 Å².